The van der Waals surface area contributed by atoms with Crippen LogP contribution in [-0.2, 0) is 17.8 Å². The fourth-order valence-corrected chi connectivity index (χ4v) is 3.18. The summed E-state index contributed by atoms with van der Waals surface area (Å²) in [5.74, 6) is 0. The van der Waals surface area contributed by atoms with Crippen molar-refractivity contribution in [2.24, 2.45) is 0 Å². The lowest BCUT2D eigenvalue weighted by Gasteiger charge is -2.08. The van der Waals surface area contributed by atoms with Crippen molar-refractivity contribution in [3.05, 3.63) is 53.7 Å². The summed E-state index contributed by atoms with van der Waals surface area (Å²) in [7, 11) is 0. The van der Waals surface area contributed by atoms with Gasteiger partial charge in [-0.2, -0.15) is 5.10 Å². The molecule has 0 fully saturated rings. The Morgan fingerprint density at radius 2 is 2.12 bits per heavy atom. The Morgan fingerprint density at radius 1 is 1.28 bits per heavy atom. The third-order valence-corrected chi connectivity index (χ3v) is 4.34. The monoisotopic (exact) mass is 375 g/mol. The normalized spacial score (nSPS) is 12.2. The fraction of sp³-hybridized carbons (Fsp3) is 0.235. The molecule has 8 heteroatoms. The van der Waals surface area contributed by atoms with E-state index in [2.05, 4.69) is 26.7 Å². The van der Waals surface area contributed by atoms with Gasteiger partial charge in [-0.3, -0.25) is 9.97 Å². The number of anilines is 1. The van der Waals surface area contributed by atoms with Crippen LogP contribution < -0.4 is 4.72 Å². The third-order valence-electron chi connectivity index (χ3n) is 3.53. The summed E-state index contributed by atoms with van der Waals surface area (Å²) in [6.45, 7) is 2.13. The molecule has 0 aliphatic rings. The van der Waals surface area contributed by atoms with Crippen LogP contribution in [0.5, 0.6) is 0 Å². The van der Waals surface area contributed by atoms with E-state index in [9.17, 15) is 4.55 Å². The molecule has 0 radical (unpaired) electrons. The molecule has 0 aliphatic carbocycles. The SMILES string of the molecule is CCCc1cc(-n2cc(-c3ncc(N[S+](C)[O-])cc3Cl)cn2)ccn1. The average Bonchev–Trinajstić information content (AvgIpc) is 3.05. The van der Waals surface area contributed by atoms with E-state index < -0.39 is 11.4 Å². The number of nitrogens with zero attached hydrogens (tertiary/aromatic N) is 4. The minimum atomic E-state index is -1.17. The minimum Gasteiger partial charge on any atom is -0.593 e. The van der Waals surface area contributed by atoms with Gasteiger partial charge in [-0.05, 0) is 24.6 Å². The van der Waals surface area contributed by atoms with Crippen molar-refractivity contribution in [3.8, 4) is 16.9 Å². The number of rotatable bonds is 6. The Labute approximate surface area is 154 Å². The van der Waals surface area contributed by atoms with Crippen molar-refractivity contribution < 1.29 is 4.55 Å². The molecule has 1 atom stereocenters. The highest BCUT2D eigenvalue weighted by Gasteiger charge is 2.11. The van der Waals surface area contributed by atoms with E-state index >= 15 is 0 Å². The zero-order chi connectivity index (χ0) is 17.8. The van der Waals surface area contributed by atoms with Gasteiger partial charge < -0.3 is 4.55 Å². The summed E-state index contributed by atoms with van der Waals surface area (Å²) < 4.78 is 15.8. The number of aryl methyl sites for hydroxylation is 1. The molecule has 0 saturated heterocycles. The van der Waals surface area contributed by atoms with Crippen LogP contribution in [0.4, 0.5) is 5.69 Å². The molecule has 3 heterocycles. The Bertz CT molecular complexity index is 868. The summed E-state index contributed by atoms with van der Waals surface area (Å²) in [6.07, 6.45) is 10.5. The quantitative estimate of drug-likeness (QED) is 0.665. The molecule has 130 valence electrons. The first kappa shape index (κ1) is 17.7. The molecule has 3 aromatic rings. The Balaban J connectivity index is 1.87. The molecule has 0 aromatic carbocycles. The summed E-state index contributed by atoms with van der Waals surface area (Å²) >= 11 is 5.15. The largest absolute Gasteiger partial charge is 0.593 e. The van der Waals surface area contributed by atoms with E-state index in [1.807, 2.05) is 18.3 Å². The van der Waals surface area contributed by atoms with Gasteiger partial charge in [0.1, 0.15) is 11.9 Å². The number of pyridine rings is 2. The van der Waals surface area contributed by atoms with Crippen molar-refractivity contribution in [1.29, 1.82) is 0 Å². The number of hydrogen-bond acceptors (Lipinski definition) is 5. The maximum absolute atomic E-state index is 11.2. The van der Waals surface area contributed by atoms with Crippen molar-refractivity contribution in [1.82, 2.24) is 19.7 Å². The van der Waals surface area contributed by atoms with Crippen LogP contribution in [-0.4, -0.2) is 30.6 Å². The number of halogens is 1. The number of aromatic nitrogens is 4. The lowest BCUT2D eigenvalue weighted by atomic mass is 10.2. The topological polar surface area (TPSA) is 78.7 Å². The molecule has 6 nitrogen and oxygen atoms in total. The number of hydrogen-bond donors (Lipinski definition) is 1. The van der Waals surface area contributed by atoms with Gasteiger partial charge in [0.2, 0.25) is 0 Å². The van der Waals surface area contributed by atoms with Gasteiger partial charge in [-0.15, -0.1) is 0 Å². The molecule has 0 saturated carbocycles. The van der Waals surface area contributed by atoms with Crippen LogP contribution in [0.3, 0.4) is 0 Å². The lowest BCUT2D eigenvalue weighted by molar-refractivity contribution is 0.605. The molecule has 0 aliphatic heterocycles. The van der Waals surface area contributed by atoms with Gasteiger partial charge >= 0.3 is 0 Å². The van der Waals surface area contributed by atoms with E-state index in [4.69, 9.17) is 11.6 Å². The molecular weight excluding hydrogens is 358 g/mol. The predicted octanol–water partition coefficient (Wildman–Crippen LogP) is 3.64. The number of nitrogens with one attached hydrogen (secondary N) is 1. The van der Waals surface area contributed by atoms with Gasteiger partial charge in [-0.25, -0.2) is 9.40 Å². The smallest absolute Gasteiger partial charge is 0.121 e. The summed E-state index contributed by atoms with van der Waals surface area (Å²) in [5.41, 5.74) is 4.03. The molecular formula is C17H18ClN5OS. The van der Waals surface area contributed by atoms with Crippen molar-refractivity contribution in [2.75, 3.05) is 11.0 Å². The molecule has 3 aromatic heterocycles. The van der Waals surface area contributed by atoms with Crippen LogP contribution in [0.1, 0.15) is 19.0 Å². The van der Waals surface area contributed by atoms with Crippen molar-refractivity contribution in [2.45, 2.75) is 19.8 Å². The average molecular weight is 376 g/mol. The van der Waals surface area contributed by atoms with Crippen LogP contribution in [0.15, 0.2) is 43.0 Å². The Hall–Kier alpha value is -2.09. The third kappa shape index (κ3) is 4.31. The first-order valence-corrected chi connectivity index (χ1v) is 9.76. The zero-order valence-corrected chi connectivity index (χ0v) is 15.5. The first-order chi connectivity index (χ1) is 12.1. The standard InChI is InChI=1S/C17H18ClN5OS/c1-3-4-13-7-15(5-6-19-13)23-11-12(9-21-23)17-16(18)8-14(10-20-17)22-25(2)24/h5-11,22H,3-4H2,1-2H3. The van der Waals surface area contributed by atoms with E-state index in [0.29, 0.717) is 16.4 Å². The molecule has 3 rings (SSSR count). The molecule has 1 unspecified atom stereocenters. The molecule has 0 amide bonds. The van der Waals surface area contributed by atoms with Crippen LogP contribution in [0, 0.1) is 0 Å². The van der Waals surface area contributed by atoms with Gasteiger partial charge in [0, 0.05) is 23.7 Å². The first-order valence-electron chi connectivity index (χ1n) is 7.83. The second kappa shape index (κ2) is 7.86. The summed E-state index contributed by atoms with van der Waals surface area (Å²) in [6, 6.07) is 5.64. The van der Waals surface area contributed by atoms with E-state index in [1.165, 1.54) is 0 Å². The van der Waals surface area contributed by atoms with E-state index in [1.54, 1.807) is 35.6 Å². The highest BCUT2D eigenvalue weighted by molar-refractivity contribution is 7.92. The summed E-state index contributed by atoms with van der Waals surface area (Å²) in [5, 5.41) is 4.87. The maximum atomic E-state index is 11.2. The molecule has 25 heavy (non-hydrogen) atoms. The Morgan fingerprint density at radius 3 is 2.84 bits per heavy atom. The maximum Gasteiger partial charge on any atom is 0.121 e. The molecule has 1 N–H and O–H groups in total. The zero-order valence-electron chi connectivity index (χ0n) is 13.9. The van der Waals surface area contributed by atoms with Crippen molar-refractivity contribution in [3.63, 3.8) is 0 Å². The van der Waals surface area contributed by atoms with E-state index in [0.717, 1.165) is 29.8 Å². The summed E-state index contributed by atoms with van der Waals surface area (Å²) in [4.78, 5) is 8.72. The second-order valence-corrected chi connectivity index (χ2v) is 7.06. The second-order valence-electron chi connectivity index (χ2n) is 5.54. The highest BCUT2D eigenvalue weighted by atomic mass is 35.5. The lowest BCUT2D eigenvalue weighted by Crippen LogP contribution is -2.09. The van der Waals surface area contributed by atoms with Crippen LogP contribution >= 0.6 is 11.6 Å². The van der Waals surface area contributed by atoms with E-state index in [-0.39, 0.29) is 0 Å². The highest BCUT2D eigenvalue weighted by Crippen LogP contribution is 2.28. The van der Waals surface area contributed by atoms with Gasteiger partial charge in [0.05, 0.1) is 40.2 Å². The van der Waals surface area contributed by atoms with Crippen LogP contribution in [0.2, 0.25) is 5.02 Å². The fourth-order valence-electron chi connectivity index (χ4n) is 2.46. The predicted molar refractivity (Wildman–Crippen MR) is 101 cm³/mol. The Kier molecular flexibility index (Phi) is 5.57. The van der Waals surface area contributed by atoms with Crippen LogP contribution in [0.25, 0.3) is 16.9 Å². The van der Waals surface area contributed by atoms with Gasteiger partial charge in [-0.1, -0.05) is 24.9 Å². The molecule has 0 spiro atoms. The molecule has 0 bridgehead atoms. The van der Waals surface area contributed by atoms with Gasteiger partial charge in [0.15, 0.2) is 0 Å². The van der Waals surface area contributed by atoms with Gasteiger partial charge in [0.25, 0.3) is 0 Å². The minimum absolute atomic E-state index is 0.469. The van der Waals surface area contributed by atoms with Crippen molar-refractivity contribution >= 4 is 28.7 Å².